The number of amides is 1. The van der Waals surface area contributed by atoms with Gasteiger partial charge in [0.05, 0.1) is 14.1 Å². The summed E-state index contributed by atoms with van der Waals surface area (Å²) in [6.07, 6.45) is 2.03. The Balaban J connectivity index is 2.13. The molecule has 0 saturated carbocycles. The Labute approximate surface area is 136 Å². The van der Waals surface area contributed by atoms with Crippen molar-refractivity contribution < 1.29 is 9.69 Å². The Morgan fingerprint density at radius 1 is 1.09 bits per heavy atom. The van der Waals surface area contributed by atoms with Gasteiger partial charge in [0.1, 0.15) is 12.6 Å². The molecule has 2 aromatic rings. The first-order valence-corrected chi connectivity index (χ1v) is 8.61. The molecule has 0 aliphatic heterocycles. The van der Waals surface area contributed by atoms with E-state index in [0.717, 1.165) is 17.0 Å². The number of carbonyl (C=O) groups excluding carboxylic acids is 1. The second-order valence-corrected chi connectivity index (χ2v) is 6.46. The maximum absolute atomic E-state index is 12.5. The molecular formula is C18H23N2OS+. The van der Waals surface area contributed by atoms with Gasteiger partial charge in [-0.05, 0) is 36.1 Å². The molecule has 2 N–H and O–H groups in total. The third-order valence-electron chi connectivity index (χ3n) is 3.47. The normalized spacial score (nSPS) is 12.2. The second-order valence-electron chi connectivity index (χ2n) is 5.58. The summed E-state index contributed by atoms with van der Waals surface area (Å²) in [5.74, 6) is -0.0252. The van der Waals surface area contributed by atoms with E-state index in [9.17, 15) is 4.79 Å². The SMILES string of the molecule is CSc1ccc(C(=O)N[C@H](C[NH+](C)C)c2ccccc2)cc1. The molecule has 116 valence electrons. The Morgan fingerprint density at radius 2 is 1.73 bits per heavy atom. The molecule has 0 spiro atoms. The number of rotatable bonds is 6. The lowest BCUT2D eigenvalue weighted by Crippen LogP contribution is -3.06. The predicted octanol–water partition coefficient (Wildman–Crippen LogP) is 2.02. The third kappa shape index (κ3) is 4.61. The van der Waals surface area contributed by atoms with Crippen molar-refractivity contribution >= 4 is 17.7 Å². The topological polar surface area (TPSA) is 33.5 Å². The van der Waals surface area contributed by atoms with Crippen LogP contribution in [-0.2, 0) is 0 Å². The van der Waals surface area contributed by atoms with E-state index in [1.165, 1.54) is 4.90 Å². The zero-order valence-electron chi connectivity index (χ0n) is 13.3. The number of hydrogen-bond acceptors (Lipinski definition) is 2. The average molecular weight is 315 g/mol. The summed E-state index contributed by atoms with van der Waals surface area (Å²) in [6.45, 7) is 0.846. The van der Waals surface area contributed by atoms with Crippen LogP contribution < -0.4 is 10.2 Å². The average Bonchev–Trinajstić information content (AvgIpc) is 2.54. The molecule has 4 heteroatoms. The van der Waals surface area contributed by atoms with E-state index >= 15 is 0 Å². The molecule has 1 amide bonds. The van der Waals surface area contributed by atoms with Crippen molar-refractivity contribution in [2.75, 3.05) is 26.9 Å². The summed E-state index contributed by atoms with van der Waals surface area (Å²) in [7, 11) is 4.19. The minimum Gasteiger partial charge on any atom is -0.340 e. The Bertz CT molecular complexity index is 596. The summed E-state index contributed by atoms with van der Waals surface area (Å²) in [4.78, 5) is 14.9. The first-order chi connectivity index (χ1) is 10.6. The van der Waals surface area contributed by atoms with Crippen LogP contribution in [0, 0.1) is 0 Å². The van der Waals surface area contributed by atoms with Crippen molar-refractivity contribution in [2.45, 2.75) is 10.9 Å². The van der Waals surface area contributed by atoms with Gasteiger partial charge in [0.25, 0.3) is 5.91 Å². The quantitative estimate of drug-likeness (QED) is 0.800. The van der Waals surface area contributed by atoms with E-state index in [2.05, 4.69) is 31.5 Å². The molecular weight excluding hydrogens is 292 g/mol. The fourth-order valence-electron chi connectivity index (χ4n) is 2.33. The molecule has 22 heavy (non-hydrogen) atoms. The minimum absolute atomic E-state index is 0.0129. The Morgan fingerprint density at radius 3 is 2.27 bits per heavy atom. The van der Waals surface area contributed by atoms with Gasteiger partial charge in [-0.1, -0.05) is 30.3 Å². The number of likely N-dealkylation sites (N-methyl/N-ethyl adjacent to an activating group) is 1. The molecule has 0 heterocycles. The van der Waals surface area contributed by atoms with Gasteiger partial charge in [0, 0.05) is 10.5 Å². The molecule has 3 nitrogen and oxygen atoms in total. The van der Waals surface area contributed by atoms with E-state index in [4.69, 9.17) is 0 Å². The number of hydrogen-bond donors (Lipinski definition) is 2. The Kier molecular flexibility index (Phi) is 6.04. The van der Waals surface area contributed by atoms with Crippen molar-refractivity contribution in [1.82, 2.24) is 5.32 Å². The van der Waals surface area contributed by atoms with Crippen LogP contribution in [-0.4, -0.2) is 32.8 Å². The van der Waals surface area contributed by atoms with Crippen molar-refractivity contribution in [2.24, 2.45) is 0 Å². The Hall–Kier alpha value is -1.78. The summed E-state index contributed by atoms with van der Waals surface area (Å²) >= 11 is 1.67. The van der Waals surface area contributed by atoms with Crippen molar-refractivity contribution in [3.63, 3.8) is 0 Å². The first kappa shape index (κ1) is 16.6. The second kappa shape index (κ2) is 8.01. The van der Waals surface area contributed by atoms with E-state index in [1.54, 1.807) is 11.8 Å². The third-order valence-corrected chi connectivity index (χ3v) is 4.22. The number of carbonyl (C=O) groups is 1. The van der Waals surface area contributed by atoms with Crippen molar-refractivity contribution in [1.29, 1.82) is 0 Å². The lowest BCUT2D eigenvalue weighted by atomic mass is 10.1. The van der Waals surface area contributed by atoms with Crippen LogP contribution in [0.25, 0.3) is 0 Å². The van der Waals surface area contributed by atoms with Gasteiger partial charge in [-0.3, -0.25) is 4.79 Å². The van der Waals surface area contributed by atoms with Crippen LogP contribution in [0.2, 0.25) is 0 Å². The maximum atomic E-state index is 12.5. The maximum Gasteiger partial charge on any atom is 0.251 e. The summed E-state index contributed by atoms with van der Waals surface area (Å²) in [5.41, 5.74) is 1.84. The zero-order valence-corrected chi connectivity index (χ0v) is 14.1. The number of thioether (sulfide) groups is 1. The largest absolute Gasteiger partial charge is 0.340 e. The predicted molar refractivity (Wildman–Crippen MR) is 92.5 cm³/mol. The molecule has 0 aliphatic carbocycles. The van der Waals surface area contributed by atoms with Crippen molar-refractivity contribution in [3.05, 3.63) is 65.7 Å². The molecule has 2 rings (SSSR count). The molecule has 1 atom stereocenters. The molecule has 2 aromatic carbocycles. The molecule has 0 fully saturated rings. The fraction of sp³-hybridized carbons (Fsp3) is 0.278. The molecule has 0 aromatic heterocycles. The van der Waals surface area contributed by atoms with Gasteiger partial charge in [-0.2, -0.15) is 0 Å². The minimum atomic E-state index is -0.0252. The van der Waals surface area contributed by atoms with E-state index in [1.807, 2.05) is 48.7 Å². The number of nitrogens with one attached hydrogen (secondary N) is 2. The lowest BCUT2D eigenvalue weighted by Gasteiger charge is -2.21. The zero-order chi connectivity index (χ0) is 15.9. The summed E-state index contributed by atoms with van der Waals surface area (Å²) in [5, 5.41) is 3.15. The molecule has 0 bridgehead atoms. The lowest BCUT2D eigenvalue weighted by molar-refractivity contribution is -0.860. The van der Waals surface area contributed by atoms with Gasteiger partial charge in [0.2, 0.25) is 0 Å². The first-order valence-electron chi connectivity index (χ1n) is 7.39. The highest BCUT2D eigenvalue weighted by Crippen LogP contribution is 2.16. The smallest absolute Gasteiger partial charge is 0.251 e. The number of benzene rings is 2. The van der Waals surface area contributed by atoms with Crippen LogP contribution in [0.1, 0.15) is 22.0 Å². The van der Waals surface area contributed by atoms with Crippen LogP contribution in [0.3, 0.4) is 0 Å². The van der Waals surface area contributed by atoms with Gasteiger partial charge < -0.3 is 10.2 Å². The van der Waals surface area contributed by atoms with E-state index in [0.29, 0.717) is 5.56 Å². The van der Waals surface area contributed by atoms with Gasteiger partial charge in [-0.15, -0.1) is 11.8 Å². The van der Waals surface area contributed by atoms with Crippen LogP contribution in [0.4, 0.5) is 0 Å². The van der Waals surface area contributed by atoms with Crippen LogP contribution in [0.5, 0.6) is 0 Å². The molecule has 0 saturated heterocycles. The van der Waals surface area contributed by atoms with E-state index in [-0.39, 0.29) is 11.9 Å². The van der Waals surface area contributed by atoms with Gasteiger partial charge >= 0.3 is 0 Å². The van der Waals surface area contributed by atoms with Gasteiger partial charge in [-0.25, -0.2) is 0 Å². The summed E-state index contributed by atoms with van der Waals surface area (Å²) in [6, 6.07) is 17.9. The number of quaternary nitrogens is 1. The molecule has 0 aliphatic rings. The fourth-order valence-corrected chi connectivity index (χ4v) is 2.74. The van der Waals surface area contributed by atoms with E-state index < -0.39 is 0 Å². The van der Waals surface area contributed by atoms with Gasteiger partial charge in [0.15, 0.2) is 0 Å². The summed E-state index contributed by atoms with van der Waals surface area (Å²) < 4.78 is 0. The highest BCUT2D eigenvalue weighted by molar-refractivity contribution is 7.98. The van der Waals surface area contributed by atoms with Crippen LogP contribution >= 0.6 is 11.8 Å². The van der Waals surface area contributed by atoms with Crippen molar-refractivity contribution in [3.8, 4) is 0 Å². The monoisotopic (exact) mass is 315 g/mol. The highest BCUT2D eigenvalue weighted by atomic mass is 32.2. The standard InChI is InChI=1S/C18H22N2OS/c1-20(2)13-17(14-7-5-4-6-8-14)19-18(21)15-9-11-16(22-3)12-10-15/h4-12,17H,13H2,1-3H3,(H,19,21)/p+1/t17-/m1/s1. The highest BCUT2D eigenvalue weighted by Gasteiger charge is 2.18. The molecule has 0 radical (unpaired) electrons. The van der Waals surface area contributed by atoms with Crippen LogP contribution in [0.15, 0.2) is 59.5 Å². The molecule has 0 unspecified atom stereocenters.